The first kappa shape index (κ1) is 20.5. The first-order valence-electron chi connectivity index (χ1n) is 9.68. The first-order valence-corrected chi connectivity index (χ1v) is 9.68. The summed E-state index contributed by atoms with van der Waals surface area (Å²) in [7, 11) is 0. The lowest BCUT2D eigenvalue weighted by atomic mass is 10.1. The zero-order chi connectivity index (χ0) is 20.5. The molecule has 0 radical (unpaired) electrons. The number of hydrogen-bond acceptors (Lipinski definition) is 5. The SMILES string of the molecule is N#Cc1ccc(CN2CCN(CC(=O)NC(=O)NCc3ccccc3)CC2)cc1. The number of nitrogens with zero attached hydrogens (tertiary/aromatic N) is 3. The average Bonchev–Trinajstić information content (AvgIpc) is 2.75. The van der Waals surface area contributed by atoms with E-state index in [2.05, 4.69) is 26.5 Å². The molecule has 1 aliphatic rings. The van der Waals surface area contributed by atoms with Crippen molar-refractivity contribution in [1.82, 2.24) is 20.4 Å². The van der Waals surface area contributed by atoms with E-state index in [0.29, 0.717) is 12.1 Å². The second-order valence-corrected chi connectivity index (χ2v) is 7.08. The van der Waals surface area contributed by atoms with E-state index in [0.717, 1.165) is 38.3 Å². The molecule has 1 aliphatic heterocycles. The molecule has 1 fully saturated rings. The van der Waals surface area contributed by atoms with Gasteiger partial charge in [-0.2, -0.15) is 5.26 Å². The van der Waals surface area contributed by atoms with Gasteiger partial charge < -0.3 is 5.32 Å². The summed E-state index contributed by atoms with van der Waals surface area (Å²) in [5.41, 5.74) is 2.82. The van der Waals surface area contributed by atoms with Crippen molar-refractivity contribution in [3.05, 3.63) is 71.3 Å². The number of nitrogens with one attached hydrogen (secondary N) is 2. The van der Waals surface area contributed by atoms with E-state index in [4.69, 9.17) is 5.26 Å². The van der Waals surface area contributed by atoms with Gasteiger partial charge in [-0.25, -0.2) is 4.79 Å². The number of carbonyl (C=O) groups excluding carboxylic acids is 2. The van der Waals surface area contributed by atoms with Crippen LogP contribution in [0.3, 0.4) is 0 Å². The summed E-state index contributed by atoms with van der Waals surface area (Å²) in [4.78, 5) is 28.4. The lowest BCUT2D eigenvalue weighted by Crippen LogP contribution is -2.50. The highest BCUT2D eigenvalue weighted by atomic mass is 16.2. The van der Waals surface area contributed by atoms with E-state index < -0.39 is 6.03 Å². The van der Waals surface area contributed by atoms with Gasteiger partial charge >= 0.3 is 6.03 Å². The number of carbonyl (C=O) groups is 2. The molecule has 0 saturated carbocycles. The normalized spacial score (nSPS) is 14.7. The molecule has 1 heterocycles. The zero-order valence-corrected chi connectivity index (χ0v) is 16.3. The standard InChI is InChI=1S/C22H25N5O2/c23-14-18-6-8-20(9-7-18)16-26-10-12-27(13-11-26)17-21(28)25-22(29)24-15-19-4-2-1-3-5-19/h1-9H,10-13,15-17H2,(H2,24,25,28,29). The summed E-state index contributed by atoms with van der Waals surface area (Å²) in [6.07, 6.45) is 0. The third-order valence-electron chi connectivity index (χ3n) is 4.87. The number of benzene rings is 2. The molecule has 0 unspecified atom stereocenters. The fourth-order valence-electron chi connectivity index (χ4n) is 3.24. The van der Waals surface area contributed by atoms with Crippen LogP contribution in [0.25, 0.3) is 0 Å². The van der Waals surface area contributed by atoms with Crippen LogP contribution in [-0.2, 0) is 17.9 Å². The molecule has 2 aromatic carbocycles. The Balaban J connectivity index is 1.34. The molecule has 7 nitrogen and oxygen atoms in total. The third-order valence-corrected chi connectivity index (χ3v) is 4.87. The largest absolute Gasteiger partial charge is 0.334 e. The predicted octanol–water partition coefficient (Wildman–Crippen LogP) is 1.70. The Labute approximate surface area is 170 Å². The molecular formula is C22H25N5O2. The Morgan fingerprint density at radius 1 is 0.897 bits per heavy atom. The summed E-state index contributed by atoms with van der Waals surface area (Å²) in [5, 5.41) is 13.9. The summed E-state index contributed by atoms with van der Waals surface area (Å²) in [6, 6.07) is 18.8. The predicted molar refractivity (Wildman–Crippen MR) is 110 cm³/mol. The van der Waals surface area contributed by atoms with Gasteiger partial charge in [-0.15, -0.1) is 0 Å². The van der Waals surface area contributed by atoms with Crippen LogP contribution in [0.2, 0.25) is 0 Å². The Morgan fingerprint density at radius 2 is 1.55 bits per heavy atom. The minimum absolute atomic E-state index is 0.212. The van der Waals surface area contributed by atoms with Crippen molar-refractivity contribution < 1.29 is 9.59 Å². The van der Waals surface area contributed by atoms with Gasteiger partial charge in [-0.3, -0.25) is 19.9 Å². The molecule has 7 heteroatoms. The first-order chi connectivity index (χ1) is 14.1. The second-order valence-electron chi connectivity index (χ2n) is 7.08. The number of urea groups is 1. The molecule has 150 valence electrons. The van der Waals surface area contributed by atoms with Crippen LogP contribution < -0.4 is 10.6 Å². The summed E-state index contributed by atoms with van der Waals surface area (Å²) >= 11 is 0. The molecule has 0 atom stereocenters. The summed E-state index contributed by atoms with van der Waals surface area (Å²) in [6.45, 7) is 4.68. The highest BCUT2D eigenvalue weighted by Crippen LogP contribution is 2.10. The van der Waals surface area contributed by atoms with Crippen LogP contribution in [0.15, 0.2) is 54.6 Å². The molecule has 0 spiro atoms. The van der Waals surface area contributed by atoms with Crippen LogP contribution in [0.4, 0.5) is 4.79 Å². The molecule has 2 aromatic rings. The number of hydrogen-bond donors (Lipinski definition) is 2. The Hall–Kier alpha value is -3.21. The van der Waals surface area contributed by atoms with Crippen molar-refractivity contribution in [2.75, 3.05) is 32.7 Å². The maximum atomic E-state index is 12.1. The quantitative estimate of drug-likeness (QED) is 0.783. The average molecular weight is 391 g/mol. The van der Waals surface area contributed by atoms with Gasteiger partial charge in [0.2, 0.25) is 5.91 Å². The van der Waals surface area contributed by atoms with Crippen molar-refractivity contribution in [1.29, 1.82) is 5.26 Å². The van der Waals surface area contributed by atoms with E-state index >= 15 is 0 Å². The molecular weight excluding hydrogens is 366 g/mol. The Bertz CT molecular complexity index is 853. The molecule has 0 aliphatic carbocycles. The van der Waals surface area contributed by atoms with Crippen LogP contribution >= 0.6 is 0 Å². The maximum absolute atomic E-state index is 12.1. The van der Waals surface area contributed by atoms with E-state index in [1.165, 1.54) is 5.56 Å². The molecule has 0 bridgehead atoms. The van der Waals surface area contributed by atoms with Crippen molar-refractivity contribution in [3.63, 3.8) is 0 Å². The number of rotatable bonds is 6. The monoisotopic (exact) mass is 391 g/mol. The van der Waals surface area contributed by atoms with Gasteiger partial charge in [-0.05, 0) is 23.3 Å². The van der Waals surface area contributed by atoms with E-state index in [1.807, 2.05) is 54.6 Å². The molecule has 3 rings (SSSR count). The molecule has 1 saturated heterocycles. The van der Waals surface area contributed by atoms with Gasteiger partial charge in [0.1, 0.15) is 0 Å². The second kappa shape index (κ2) is 10.4. The topological polar surface area (TPSA) is 88.5 Å². The van der Waals surface area contributed by atoms with Gasteiger partial charge in [0.05, 0.1) is 18.2 Å². The van der Waals surface area contributed by atoms with E-state index in [-0.39, 0.29) is 12.5 Å². The van der Waals surface area contributed by atoms with Gasteiger partial charge in [0.15, 0.2) is 0 Å². The molecule has 0 aromatic heterocycles. The Morgan fingerprint density at radius 3 is 2.21 bits per heavy atom. The maximum Gasteiger partial charge on any atom is 0.321 e. The fraction of sp³-hybridized carbons (Fsp3) is 0.318. The van der Waals surface area contributed by atoms with E-state index in [9.17, 15) is 9.59 Å². The van der Waals surface area contributed by atoms with Crippen LogP contribution in [0.5, 0.6) is 0 Å². The highest BCUT2D eigenvalue weighted by molar-refractivity contribution is 5.95. The smallest absolute Gasteiger partial charge is 0.321 e. The molecule has 29 heavy (non-hydrogen) atoms. The summed E-state index contributed by atoms with van der Waals surface area (Å²) in [5.74, 6) is -0.295. The van der Waals surface area contributed by atoms with Crippen LogP contribution in [0.1, 0.15) is 16.7 Å². The number of imide groups is 1. The lowest BCUT2D eigenvalue weighted by Gasteiger charge is -2.34. The number of piperazine rings is 1. The third kappa shape index (κ3) is 6.71. The highest BCUT2D eigenvalue weighted by Gasteiger charge is 2.19. The van der Waals surface area contributed by atoms with Crippen molar-refractivity contribution >= 4 is 11.9 Å². The molecule has 2 N–H and O–H groups in total. The van der Waals surface area contributed by atoms with Gasteiger partial charge in [-0.1, -0.05) is 42.5 Å². The van der Waals surface area contributed by atoms with Gasteiger partial charge in [0.25, 0.3) is 0 Å². The number of amides is 3. The minimum Gasteiger partial charge on any atom is -0.334 e. The van der Waals surface area contributed by atoms with Gasteiger partial charge in [0, 0.05) is 39.3 Å². The van der Waals surface area contributed by atoms with Crippen LogP contribution in [-0.4, -0.2) is 54.5 Å². The van der Waals surface area contributed by atoms with E-state index in [1.54, 1.807) is 0 Å². The van der Waals surface area contributed by atoms with Crippen molar-refractivity contribution in [2.45, 2.75) is 13.1 Å². The number of nitriles is 1. The fourth-order valence-corrected chi connectivity index (χ4v) is 3.24. The lowest BCUT2D eigenvalue weighted by molar-refractivity contribution is -0.121. The van der Waals surface area contributed by atoms with Crippen LogP contribution in [0, 0.1) is 11.3 Å². The zero-order valence-electron chi connectivity index (χ0n) is 16.3. The van der Waals surface area contributed by atoms with Crippen molar-refractivity contribution in [2.24, 2.45) is 0 Å². The van der Waals surface area contributed by atoms with Crippen molar-refractivity contribution in [3.8, 4) is 6.07 Å². The summed E-state index contributed by atoms with van der Waals surface area (Å²) < 4.78 is 0. The Kier molecular flexibility index (Phi) is 7.34. The minimum atomic E-state index is -0.474. The molecule has 3 amide bonds.